The van der Waals surface area contributed by atoms with Crippen LogP contribution in [-0.4, -0.2) is 109 Å². The lowest BCUT2D eigenvalue weighted by molar-refractivity contribution is -0.0555. The summed E-state index contributed by atoms with van der Waals surface area (Å²) in [7, 11) is -10.8. The van der Waals surface area contributed by atoms with Crippen LogP contribution in [-0.2, 0) is 32.0 Å². The second-order valence-electron chi connectivity index (χ2n) is 9.30. The van der Waals surface area contributed by atoms with E-state index in [4.69, 9.17) is 15.2 Å². The van der Waals surface area contributed by atoms with Crippen molar-refractivity contribution in [1.82, 2.24) is 29.1 Å². The number of fused-ring (bicyclic) bond motifs is 1. The van der Waals surface area contributed by atoms with E-state index in [1.165, 1.54) is 10.9 Å². The first-order valence-electron chi connectivity index (χ1n) is 12.1. The number of phosphoric ester groups is 2. The van der Waals surface area contributed by atoms with Gasteiger partial charge in [0.15, 0.2) is 23.9 Å². The van der Waals surface area contributed by atoms with E-state index in [1.807, 2.05) is 4.98 Å². The Bertz CT molecular complexity index is 1700. The van der Waals surface area contributed by atoms with Gasteiger partial charge in [-0.15, -0.1) is 0 Å². The summed E-state index contributed by atoms with van der Waals surface area (Å²) < 4.78 is 51.0. The van der Waals surface area contributed by atoms with Gasteiger partial charge in [-0.05, 0) is 0 Å². The molecular formula is C19H25N7O15P2. The Labute approximate surface area is 238 Å². The number of rotatable bonds is 10. The van der Waals surface area contributed by atoms with E-state index in [1.54, 1.807) is 0 Å². The average molecular weight is 653 g/mol. The van der Waals surface area contributed by atoms with Gasteiger partial charge in [-0.1, -0.05) is 0 Å². The summed E-state index contributed by atoms with van der Waals surface area (Å²) in [6, 6.07) is 0.948. The van der Waals surface area contributed by atoms with Gasteiger partial charge in [-0.25, -0.2) is 28.9 Å². The van der Waals surface area contributed by atoms with Crippen molar-refractivity contribution in [2.24, 2.45) is 0 Å². The van der Waals surface area contributed by atoms with Gasteiger partial charge < -0.3 is 45.4 Å². The van der Waals surface area contributed by atoms with E-state index in [2.05, 4.69) is 28.3 Å². The van der Waals surface area contributed by atoms with Crippen LogP contribution in [0.2, 0.25) is 0 Å². The van der Waals surface area contributed by atoms with Gasteiger partial charge >= 0.3 is 21.3 Å². The number of ether oxygens (including phenoxy) is 2. The maximum atomic E-state index is 12.4. The number of H-pyrrole nitrogens is 1. The van der Waals surface area contributed by atoms with Crippen LogP contribution in [0.4, 0.5) is 5.82 Å². The number of nitrogens with one attached hydrogen (secondary N) is 1. The van der Waals surface area contributed by atoms with Gasteiger partial charge in [-0.2, -0.15) is 4.31 Å². The summed E-state index contributed by atoms with van der Waals surface area (Å²) in [5, 5.41) is 41.3. The fourth-order valence-electron chi connectivity index (χ4n) is 4.39. The molecule has 0 amide bonds. The van der Waals surface area contributed by atoms with Crippen molar-refractivity contribution < 1.29 is 62.2 Å². The van der Waals surface area contributed by atoms with E-state index >= 15 is 0 Å². The van der Waals surface area contributed by atoms with Crippen LogP contribution in [0.5, 0.6) is 0 Å². The fraction of sp³-hybridized carbons (Fsp3) is 0.526. The topological polar surface area (TPSA) is 326 Å². The quantitative estimate of drug-likeness (QED) is 0.0981. The Kier molecular flexibility index (Phi) is 8.68. The number of aliphatic hydroxyl groups is 4. The molecule has 0 aromatic carbocycles. The van der Waals surface area contributed by atoms with Crippen LogP contribution in [0.25, 0.3) is 11.2 Å². The van der Waals surface area contributed by atoms with E-state index in [0.29, 0.717) is 0 Å². The van der Waals surface area contributed by atoms with E-state index < -0.39 is 89.2 Å². The number of nitrogens with two attached hydrogens (primary N) is 1. The molecule has 3 aromatic heterocycles. The van der Waals surface area contributed by atoms with E-state index in [0.717, 1.165) is 23.2 Å². The molecule has 43 heavy (non-hydrogen) atoms. The number of anilines is 1. The molecule has 10 unspecified atom stereocenters. The van der Waals surface area contributed by atoms with Crippen LogP contribution in [0.3, 0.4) is 0 Å². The minimum Gasteiger partial charge on any atom is -0.387 e. The molecule has 0 spiro atoms. The van der Waals surface area contributed by atoms with Gasteiger partial charge in [0.05, 0.1) is 19.5 Å². The zero-order chi connectivity index (χ0) is 31.3. The van der Waals surface area contributed by atoms with E-state index in [-0.39, 0.29) is 17.0 Å². The number of imidazole rings is 1. The van der Waals surface area contributed by atoms with Gasteiger partial charge in [0.25, 0.3) is 5.56 Å². The molecule has 10 atom stereocenters. The highest BCUT2D eigenvalue weighted by atomic mass is 31.3. The molecule has 3 aromatic rings. The number of hydrogen-bond acceptors (Lipinski definition) is 17. The van der Waals surface area contributed by atoms with Crippen molar-refractivity contribution in [3.8, 4) is 0 Å². The summed E-state index contributed by atoms with van der Waals surface area (Å²) in [5.74, 6) is 0.0416. The monoisotopic (exact) mass is 653 g/mol. The number of nitrogen functional groups attached to an aromatic ring is 1. The lowest BCUT2D eigenvalue weighted by Crippen LogP contribution is -2.37. The summed E-state index contributed by atoms with van der Waals surface area (Å²) in [5.41, 5.74) is 4.36. The zero-order valence-corrected chi connectivity index (χ0v) is 23.2. The van der Waals surface area contributed by atoms with Crippen LogP contribution < -0.4 is 17.0 Å². The summed E-state index contributed by atoms with van der Waals surface area (Å²) in [4.78, 5) is 56.9. The molecule has 5 rings (SSSR count). The lowest BCUT2D eigenvalue weighted by Gasteiger charge is -2.20. The second-order valence-corrected chi connectivity index (χ2v) is 12.3. The standard InChI is InChI=1S/C19H25N7O15P2/c20-15-10-16(22-5-21-15)26(6-23-10)18-14(31)12(29)8(40-18)4-38-43(35,36)41-42(33,34)37-3-7-11(28)13(30)17(39-7)25-2-1-9(27)24-19(25)32/h1-2,5-8,11-14,17-18,28-31H,3-4H2,(H,33,34)(H,35,36)(H2,20,21,22)(H,24,27,32). The minimum absolute atomic E-state index is 0.0416. The molecule has 2 fully saturated rings. The predicted molar refractivity (Wildman–Crippen MR) is 136 cm³/mol. The molecule has 5 heterocycles. The van der Waals surface area contributed by atoms with Crippen molar-refractivity contribution in [2.75, 3.05) is 18.9 Å². The number of nitrogens with zero attached hydrogens (tertiary/aromatic N) is 5. The average Bonchev–Trinajstić information content (AvgIpc) is 3.57. The van der Waals surface area contributed by atoms with E-state index in [9.17, 15) is 48.9 Å². The van der Waals surface area contributed by atoms with Crippen molar-refractivity contribution >= 4 is 32.6 Å². The molecule has 0 saturated carbocycles. The molecule has 22 nitrogen and oxygen atoms in total. The zero-order valence-electron chi connectivity index (χ0n) is 21.4. The summed E-state index contributed by atoms with van der Waals surface area (Å²) >= 11 is 0. The second kappa shape index (κ2) is 11.9. The molecule has 0 bridgehead atoms. The molecule has 0 radical (unpaired) electrons. The molecule has 9 N–H and O–H groups in total. The lowest BCUT2D eigenvalue weighted by atomic mass is 10.1. The van der Waals surface area contributed by atoms with Crippen LogP contribution in [0.1, 0.15) is 12.5 Å². The SMILES string of the molecule is Nc1ncnc2c1ncn2C1OC(COP(=O)(O)OP(=O)(O)OCC2OC(n3ccc(=O)[nH]c3=O)C(O)C2O)C(O)C1O. The van der Waals surface area contributed by atoms with Crippen molar-refractivity contribution in [2.45, 2.75) is 49.1 Å². The van der Waals surface area contributed by atoms with Gasteiger partial charge in [0, 0.05) is 12.3 Å². The molecule has 0 aliphatic carbocycles. The van der Waals surface area contributed by atoms with Crippen LogP contribution in [0.15, 0.2) is 34.5 Å². The Morgan fingerprint density at radius 3 is 2.00 bits per heavy atom. The molecule has 236 valence electrons. The normalized spacial score (nSPS) is 32.1. The van der Waals surface area contributed by atoms with Gasteiger partial charge in [-0.3, -0.25) is 28.0 Å². The largest absolute Gasteiger partial charge is 0.481 e. The molecule has 2 saturated heterocycles. The Morgan fingerprint density at radius 2 is 1.44 bits per heavy atom. The maximum Gasteiger partial charge on any atom is 0.481 e. The predicted octanol–water partition coefficient (Wildman–Crippen LogP) is -3.55. The van der Waals surface area contributed by atoms with Crippen molar-refractivity contribution in [3.63, 3.8) is 0 Å². The van der Waals surface area contributed by atoms with Gasteiger partial charge in [0.2, 0.25) is 0 Å². The Balaban J connectivity index is 1.16. The van der Waals surface area contributed by atoms with Gasteiger partial charge in [0.1, 0.15) is 48.5 Å². The van der Waals surface area contributed by atoms with Crippen molar-refractivity contribution in [3.05, 3.63) is 45.8 Å². The Morgan fingerprint density at radius 1 is 0.884 bits per heavy atom. The highest BCUT2D eigenvalue weighted by Gasteiger charge is 2.48. The molecule has 2 aliphatic rings. The number of aliphatic hydroxyl groups excluding tert-OH is 4. The first-order valence-corrected chi connectivity index (χ1v) is 15.1. The maximum absolute atomic E-state index is 12.4. The van der Waals surface area contributed by atoms with Crippen LogP contribution in [0, 0.1) is 0 Å². The third kappa shape index (κ3) is 6.47. The first-order chi connectivity index (χ1) is 20.2. The van der Waals surface area contributed by atoms with Crippen molar-refractivity contribution in [1.29, 1.82) is 0 Å². The van der Waals surface area contributed by atoms with Crippen LogP contribution >= 0.6 is 15.6 Å². The highest BCUT2D eigenvalue weighted by molar-refractivity contribution is 7.61. The smallest absolute Gasteiger partial charge is 0.387 e. The minimum atomic E-state index is -5.41. The first kappa shape index (κ1) is 31.5. The number of hydrogen-bond donors (Lipinski definition) is 8. The third-order valence-corrected chi connectivity index (χ3v) is 9.07. The molecule has 2 aliphatic heterocycles. The number of aromatic nitrogens is 6. The fourth-order valence-corrected chi connectivity index (χ4v) is 6.48. The Hall–Kier alpha value is -2.95. The summed E-state index contributed by atoms with van der Waals surface area (Å²) in [6.07, 6.45) is -9.26. The molecular weight excluding hydrogens is 628 g/mol. The number of phosphoric acid groups is 2. The number of aromatic amines is 1. The third-order valence-electron chi connectivity index (χ3n) is 6.47. The summed E-state index contributed by atoms with van der Waals surface area (Å²) in [6.45, 7) is -1.90. The highest BCUT2D eigenvalue weighted by Crippen LogP contribution is 2.60. The molecule has 24 heteroatoms.